The summed E-state index contributed by atoms with van der Waals surface area (Å²) in [6.07, 6.45) is 6.64. The number of hydrogen-bond donors (Lipinski definition) is 0. The fourth-order valence-corrected chi connectivity index (χ4v) is 4.23. The first-order valence-corrected chi connectivity index (χ1v) is 10.8. The summed E-state index contributed by atoms with van der Waals surface area (Å²) in [5.74, 6) is 1.27. The van der Waals surface area contributed by atoms with Crippen LogP contribution in [0.3, 0.4) is 0 Å². The Morgan fingerprint density at radius 2 is 1.94 bits per heavy atom. The van der Waals surface area contributed by atoms with E-state index in [2.05, 4.69) is 10.1 Å². The molecule has 3 aromatic heterocycles. The molecule has 0 atom stereocenters. The summed E-state index contributed by atoms with van der Waals surface area (Å²) < 4.78 is 8.86. The number of ether oxygens (including phenoxy) is 1. The number of rotatable bonds is 3. The van der Waals surface area contributed by atoms with E-state index in [9.17, 15) is 9.59 Å². The maximum Gasteiger partial charge on any atom is 0.350 e. The molecule has 1 fully saturated rings. The third-order valence-corrected chi connectivity index (χ3v) is 5.88. The lowest BCUT2D eigenvalue weighted by atomic mass is 10.1. The third-order valence-electron chi connectivity index (χ3n) is 5.88. The van der Waals surface area contributed by atoms with Crippen LogP contribution in [0.5, 0.6) is 5.75 Å². The number of carbonyl (C=O) groups excluding carboxylic acids is 1. The molecule has 31 heavy (non-hydrogen) atoms. The number of amides is 1. The van der Waals surface area contributed by atoms with Gasteiger partial charge in [0, 0.05) is 37.2 Å². The molecule has 0 saturated carbocycles. The maximum atomic E-state index is 12.8. The minimum Gasteiger partial charge on any atom is -0.488 e. The average molecular weight is 422 g/mol. The Kier molecular flexibility index (Phi) is 4.88. The van der Waals surface area contributed by atoms with Crippen LogP contribution in [0.1, 0.15) is 49.5 Å². The van der Waals surface area contributed by atoms with Gasteiger partial charge in [0.1, 0.15) is 6.61 Å². The summed E-state index contributed by atoms with van der Waals surface area (Å²) in [7, 11) is 0. The number of anilines is 2. The lowest BCUT2D eigenvalue weighted by molar-refractivity contribution is 0.0723. The zero-order chi connectivity index (χ0) is 21.5. The molecule has 9 nitrogen and oxygen atoms in total. The van der Waals surface area contributed by atoms with Gasteiger partial charge in [-0.05, 0) is 45.2 Å². The number of likely N-dealkylation sites (tertiary alicyclic amines) is 1. The van der Waals surface area contributed by atoms with Crippen molar-refractivity contribution < 1.29 is 9.53 Å². The summed E-state index contributed by atoms with van der Waals surface area (Å²) in [6.45, 7) is 6.55. The second-order valence-electron chi connectivity index (χ2n) is 8.33. The molecule has 0 N–H and O–H groups in total. The van der Waals surface area contributed by atoms with Crippen molar-refractivity contribution in [2.75, 3.05) is 31.1 Å². The molecule has 0 radical (unpaired) electrons. The van der Waals surface area contributed by atoms with Gasteiger partial charge < -0.3 is 14.5 Å². The van der Waals surface area contributed by atoms with E-state index in [1.807, 2.05) is 35.8 Å². The number of piperidine rings is 1. The molecule has 3 aromatic rings. The van der Waals surface area contributed by atoms with Crippen molar-refractivity contribution in [1.29, 1.82) is 0 Å². The quantitative estimate of drug-likeness (QED) is 0.645. The van der Waals surface area contributed by atoms with Gasteiger partial charge in [-0.15, -0.1) is 5.10 Å². The Bertz CT molecular complexity index is 1190. The molecule has 0 bridgehead atoms. The summed E-state index contributed by atoms with van der Waals surface area (Å²) in [6, 6.07) is 5.54. The predicted octanol–water partition coefficient (Wildman–Crippen LogP) is 2.63. The zero-order valence-corrected chi connectivity index (χ0v) is 17.8. The number of carbonyl (C=O) groups is 1. The van der Waals surface area contributed by atoms with E-state index in [0.717, 1.165) is 31.6 Å². The maximum absolute atomic E-state index is 12.8. The normalized spacial score (nSPS) is 16.5. The lowest BCUT2D eigenvalue weighted by Crippen LogP contribution is -2.36. The van der Waals surface area contributed by atoms with Crippen LogP contribution in [0.25, 0.3) is 5.65 Å². The standard InChI is InChI=1S/C22H26N6O3/c1-15(2)28-22(30)27-9-6-17(13-19(27)24-28)26-10-11-31-18-12-16(14-23-20(18)26)21(29)25-7-4-3-5-8-25/h6,9,12-15H,3-5,7-8,10-11H2,1-2H3. The van der Waals surface area contributed by atoms with Crippen LogP contribution >= 0.6 is 0 Å². The lowest BCUT2D eigenvalue weighted by Gasteiger charge is -2.31. The Balaban J connectivity index is 1.47. The summed E-state index contributed by atoms with van der Waals surface area (Å²) in [5, 5.41) is 4.45. The molecular weight excluding hydrogens is 396 g/mol. The second kappa shape index (κ2) is 7.72. The van der Waals surface area contributed by atoms with E-state index >= 15 is 0 Å². The largest absolute Gasteiger partial charge is 0.488 e. The van der Waals surface area contributed by atoms with Gasteiger partial charge in [-0.1, -0.05) is 0 Å². The highest BCUT2D eigenvalue weighted by atomic mass is 16.5. The van der Waals surface area contributed by atoms with Gasteiger partial charge in [-0.25, -0.2) is 14.5 Å². The number of hydrogen-bond acceptors (Lipinski definition) is 6. The van der Waals surface area contributed by atoms with Crippen molar-refractivity contribution in [2.45, 2.75) is 39.2 Å². The topological polar surface area (TPSA) is 85.0 Å². The smallest absolute Gasteiger partial charge is 0.350 e. The van der Waals surface area contributed by atoms with Crippen LogP contribution in [-0.2, 0) is 0 Å². The van der Waals surface area contributed by atoms with E-state index in [-0.39, 0.29) is 17.6 Å². The van der Waals surface area contributed by atoms with E-state index in [4.69, 9.17) is 4.74 Å². The molecule has 162 valence electrons. The fraction of sp³-hybridized carbons (Fsp3) is 0.455. The highest BCUT2D eigenvalue weighted by Crippen LogP contribution is 2.35. The average Bonchev–Trinajstić information content (AvgIpc) is 3.14. The van der Waals surface area contributed by atoms with Crippen LogP contribution in [0.4, 0.5) is 11.5 Å². The molecule has 2 aliphatic rings. The molecule has 0 spiro atoms. The monoisotopic (exact) mass is 422 g/mol. The van der Waals surface area contributed by atoms with Gasteiger partial charge in [-0.2, -0.15) is 0 Å². The summed E-state index contributed by atoms with van der Waals surface area (Å²) in [5.41, 5.74) is 1.86. The Labute approximate surface area is 179 Å². The molecule has 1 amide bonds. The number of nitrogens with zero attached hydrogens (tertiary/aromatic N) is 6. The zero-order valence-electron chi connectivity index (χ0n) is 17.8. The first-order chi connectivity index (χ1) is 15.0. The van der Waals surface area contributed by atoms with Gasteiger partial charge in [0.2, 0.25) is 0 Å². The third kappa shape index (κ3) is 3.43. The van der Waals surface area contributed by atoms with Gasteiger partial charge in [0.15, 0.2) is 17.2 Å². The molecule has 0 aromatic carbocycles. The molecule has 9 heteroatoms. The molecule has 5 heterocycles. The van der Waals surface area contributed by atoms with Gasteiger partial charge in [0.25, 0.3) is 5.91 Å². The summed E-state index contributed by atoms with van der Waals surface area (Å²) >= 11 is 0. The van der Waals surface area contributed by atoms with Gasteiger partial charge >= 0.3 is 5.69 Å². The van der Waals surface area contributed by atoms with Gasteiger partial charge in [-0.3, -0.25) is 9.20 Å². The van der Waals surface area contributed by atoms with Crippen molar-refractivity contribution >= 4 is 23.1 Å². The van der Waals surface area contributed by atoms with Crippen LogP contribution in [0.15, 0.2) is 35.4 Å². The number of pyridine rings is 2. The van der Waals surface area contributed by atoms with Crippen LogP contribution < -0.4 is 15.3 Å². The van der Waals surface area contributed by atoms with Crippen molar-refractivity contribution in [2.24, 2.45) is 0 Å². The number of aromatic nitrogens is 4. The second-order valence-corrected chi connectivity index (χ2v) is 8.33. The van der Waals surface area contributed by atoms with E-state index < -0.39 is 0 Å². The Morgan fingerprint density at radius 3 is 2.71 bits per heavy atom. The van der Waals surface area contributed by atoms with Crippen LogP contribution in [0.2, 0.25) is 0 Å². The van der Waals surface area contributed by atoms with Crippen molar-refractivity contribution in [3.63, 3.8) is 0 Å². The molecule has 1 saturated heterocycles. The van der Waals surface area contributed by atoms with Crippen LogP contribution in [-0.4, -0.2) is 56.2 Å². The van der Waals surface area contributed by atoms with Crippen molar-refractivity contribution in [3.8, 4) is 5.75 Å². The van der Waals surface area contributed by atoms with Gasteiger partial charge in [0.05, 0.1) is 18.2 Å². The van der Waals surface area contributed by atoms with E-state index in [0.29, 0.717) is 35.9 Å². The summed E-state index contributed by atoms with van der Waals surface area (Å²) in [4.78, 5) is 33.8. The molecule has 5 rings (SSSR count). The van der Waals surface area contributed by atoms with E-state index in [1.54, 1.807) is 22.9 Å². The predicted molar refractivity (Wildman–Crippen MR) is 116 cm³/mol. The Morgan fingerprint density at radius 1 is 1.13 bits per heavy atom. The molecule has 0 aliphatic carbocycles. The van der Waals surface area contributed by atoms with Crippen LogP contribution in [0, 0.1) is 0 Å². The van der Waals surface area contributed by atoms with E-state index in [1.165, 1.54) is 11.1 Å². The van der Waals surface area contributed by atoms with Crippen molar-refractivity contribution in [3.05, 3.63) is 46.6 Å². The minimum absolute atomic E-state index is 0.00995. The number of fused-ring (bicyclic) bond motifs is 2. The molecule has 2 aliphatic heterocycles. The SMILES string of the molecule is CC(C)n1nc2cc(N3CCOc4cc(C(=O)N5CCCCC5)cnc43)ccn2c1=O. The highest BCUT2D eigenvalue weighted by Gasteiger charge is 2.25. The Hall–Kier alpha value is -3.36. The molecule has 0 unspecified atom stereocenters. The first-order valence-electron chi connectivity index (χ1n) is 10.8. The fourth-order valence-electron chi connectivity index (χ4n) is 4.23. The minimum atomic E-state index is -0.155. The first kappa shape index (κ1) is 19.6. The molecular formula is C22H26N6O3. The highest BCUT2D eigenvalue weighted by molar-refractivity contribution is 5.95. The van der Waals surface area contributed by atoms with Crippen molar-refractivity contribution in [1.82, 2.24) is 24.1 Å².